The molecule has 0 spiro atoms. The van der Waals surface area contributed by atoms with Crippen molar-refractivity contribution >= 4 is 5.78 Å². The smallest absolute Gasteiger partial charge is 0.273 e. The third kappa shape index (κ3) is 3.19. The SMILES string of the molecule is Cc1cc(C)c(-n2c3c(cc(C#N)c2=O)C(=O)C[C@@H](c2ccccc2)C3)c(C)c1. The molecule has 4 nitrogen and oxygen atoms in total. The molecule has 0 saturated heterocycles. The van der Waals surface area contributed by atoms with Crippen LogP contribution in [-0.4, -0.2) is 10.4 Å². The standard InChI is InChI=1S/C25H22N2O2/c1-15-9-16(2)24(17(3)10-15)27-22-12-19(18-7-5-4-6-8-18)13-23(28)21(22)11-20(14-26)25(27)29/h4-11,19H,12-13H2,1-3H3/t19-/m0/s1. The van der Waals surface area contributed by atoms with Crippen LogP contribution in [-0.2, 0) is 6.42 Å². The molecule has 0 radical (unpaired) electrons. The van der Waals surface area contributed by atoms with Crippen LogP contribution in [0.2, 0.25) is 0 Å². The minimum Gasteiger partial charge on any atom is -0.294 e. The first-order valence-electron chi connectivity index (χ1n) is 9.76. The van der Waals surface area contributed by atoms with Gasteiger partial charge in [0.2, 0.25) is 0 Å². The number of pyridine rings is 1. The summed E-state index contributed by atoms with van der Waals surface area (Å²) in [6.45, 7) is 5.95. The van der Waals surface area contributed by atoms with Crippen LogP contribution in [0.15, 0.2) is 53.3 Å². The number of nitrogens with zero attached hydrogens (tertiary/aromatic N) is 2. The number of aryl methyl sites for hydroxylation is 3. The van der Waals surface area contributed by atoms with E-state index in [2.05, 4.69) is 0 Å². The van der Waals surface area contributed by atoms with Crippen molar-refractivity contribution in [3.05, 3.63) is 98.0 Å². The van der Waals surface area contributed by atoms with E-state index in [1.807, 2.05) is 69.3 Å². The third-order valence-electron chi connectivity index (χ3n) is 5.73. The number of Topliss-reactive ketones (excluding diaryl/α,β-unsaturated/α-hetero) is 1. The Balaban J connectivity index is 2.01. The summed E-state index contributed by atoms with van der Waals surface area (Å²) in [7, 11) is 0. The van der Waals surface area contributed by atoms with Crippen LogP contribution in [0.5, 0.6) is 0 Å². The molecule has 1 atom stereocenters. The summed E-state index contributed by atoms with van der Waals surface area (Å²) in [5, 5.41) is 9.52. The molecular weight excluding hydrogens is 360 g/mol. The number of nitriles is 1. The van der Waals surface area contributed by atoms with Gasteiger partial charge in [0.15, 0.2) is 5.78 Å². The molecule has 1 aliphatic rings. The number of hydrogen-bond donors (Lipinski definition) is 0. The van der Waals surface area contributed by atoms with Crippen molar-refractivity contribution in [3.8, 4) is 11.8 Å². The van der Waals surface area contributed by atoms with Crippen molar-refractivity contribution in [2.24, 2.45) is 0 Å². The summed E-state index contributed by atoms with van der Waals surface area (Å²) in [6.07, 6.45) is 0.963. The largest absolute Gasteiger partial charge is 0.294 e. The van der Waals surface area contributed by atoms with Gasteiger partial charge in [0.25, 0.3) is 5.56 Å². The van der Waals surface area contributed by atoms with Crippen LogP contribution in [0.3, 0.4) is 0 Å². The molecule has 0 aliphatic heterocycles. The van der Waals surface area contributed by atoms with E-state index in [0.717, 1.165) is 27.9 Å². The zero-order valence-electron chi connectivity index (χ0n) is 16.8. The first-order valence-corrected chi connectivity index (χ1v) is 9.76. The fraction of sp³-hybridized carbons (Fsp3) is 0.240. The molecule has 0 unspecified atom stereocenters. The van der Waals surface area contributed by atoms with Crippen LogP contribution in [0.1, 0.15) is 56.2 Å². The highest BCUT2D eigenvalue weighted by atomic mass is 16.1. The van der Waals surface area contributed by atoms with Gasteiger partial charge in [-0.1, -0.05) is 48.0 Å². The zero-order chi connectivity index (χ0) is 20.7. The predicted molar refractivity (Wildman–Crippen MR) is 113 cm³/mol. The van der Waals surface area contributed by atoms with Crippen LogP contribution in [0, 0.1) is 32.1 Å². The Hall–Kier alpha value is -3.45. The third-order valence-corrected chi connectivity index (χ3v) is 5.73. The molecule has 0 bridgehead atoms. The lowest BCUT2D eigenvalue weighted by Crippen LogP contribution is -2.32. The Labute approximate surface area is 170 Å². The Morgan fingerprint density at radius 3 is 2.24 bits per heavy atom. The van der Waals surface area contributed by atoms with E-state index in [-0.39, 0.29) is 22.8 Å². The van der Waals surface area contributed by atoms with Gasteiger partial charge in [-0.15, -0.1) is 0 Å². The number of ketones is 1. The van der Waals surface area contributed by atoms with Gasteiger partial charge in [0.05, 0.1) is 5.69 Å². The molecule has 4 rings (SSSR count). The van der Waals surface area contributed by atoms with Gasteiger partial charge in [-0.2, -0.15) is 5.26 Å². The molecule has 1 heterocycles. The highest BCUT2D eigenvalue weighted by Crippen LogP contribution is 2.34. The molecule has 0 N–H and O–H groups in total. The van der Waals surface area contributed by atoms with Crippen molar-refractivity contribution in [1.29, 1.82) is 5.26 Å². The van der Waals surface area contributed by atoms with Gasteiger partial charge >= 0.3 is 0 Å². The molecule has 0 saturated carbocycles. The van der Waals surface area contributed by atoms with E-state index in [0.29, 0.717) is 24.1 Å². The fourth-order valence-electron chi connectivity index (χ4n) is 4.54. The van der Waals surface area contributed by atoms with Crippen LogP contribution < -0.4 is 5.56 Å². The zero-order valence-corrected chi connectivity index (χ0v) is 16.8. The van der Waals surface area contributed by atoms with Crippen molar-refractivity contribution < 1.29 is 4.79 Å². The summed E-state index contributed by atoms with van der Waals surface area (Å²) in [4.78, 5) is 26.3. The van der Waals surface area contributed by atoms with E-state index < -0.39 is 0 Å². The van der Waals surface area contributed by atoms with E-state index >= 15 is 0 Å². The summed E-state index contributed by atoms with van der Waals surface area (Å²) in [5.41, 5.74) is 5.73. The highest BCUT2D eigenvalue weighted by molar-refractivity contribution is 5.99. The lowest BCUT2D eigenvalue weighted by atomic mass is 9.81. The molecule has 0 amide bonds. The number of aromatic nitrogens is 1. The average Bonchev–Trinajstić information content (AvgIpc) is 2.69. The van der Waals surface area contributed by atoms with E-state index in [1.165, 1.54) is 6.07 Å². The molecule has 2 aromatic carbocycles. The predicted octanol–water partition coefficient (Wildman–Crippen LogP) is 4.55. The second-order valence-corrected chi connectivity index (χ2v) is 7.86. The molecule has 29 heavy (non-hydrogen) atoms. The first-order chi connectivity index (χ1) is 13.9. The van der Waals surface area contributed by atoms with E-state index in [4.69, 9.17) is 0 Å². The molecular formula is C25H22N2O2. The Morgan fingerprint density at radius 1 is 0.966 bits per heavy atom. The van der Waals surface area contributed by atoms with Gasteiger partial charge < -0.3 is 0 Å². The van der Waals surface area contributed by atoms with Crippen molar-refractivity contribution in [2.45, 2.75) is 39.5 Å². The molecule has 4 heteroatoms. The lowest BCUT2D eigenvalue weighted by Gasteiger charge is -2.28. The van der Waals surface area contributed by atoms with Crippen molar-refractivity contribution in [3.63, 3.8) is 0 Å². The maximum Gasteiger partial charge on any atom is 0.273 e. The molecule has 144 valence electrons. The summed E-state index contributed by atoms with van der Waals surface area (Å²) >= 11 is 0. The van der Waals surface area contributed by atoms with Crippen LogP contribution in [0.4, 0.5) is 0 Å². The molecule has 3 aromatic rings. The Kier molecular flexibility index (Phi) is 4.68. The number of rotatable bonds is 2. The molecule has 0 fully saturated rings. The first kappa shape index (κ1) is 18.9. The number of carbonyl (C=O) groups is 1. The average molecular weight is 382 g/mol. The minimum atomic E-state index is -0.359. The molecule has 1 aromatic heterocycles. The summed E-state index contributed by atoms with van der Waals surface area (Å²) in [5.74, 6) is -0.00591. The Bertz CT molecular complexity index is 1210. The number of hydrogen-bond acceptors (Lipinski definition) is 3. The second kappa shape index (κ2) is 7.18. The molecule has 1 aliphatic carbocycles. The van der Waals surface area contributed by atoms with Crippen LogP contribution >= 0.6 is 0 Å². The number of benzene rings is 2. The second-order valence-electron chi connectivity index (χ2n) is 7.86. The maximum absolute atomic E-state index is 13.2. The number of carbonyl (C=O) groups excluding carboxylic acids is 1. The van der Waals surface area contributed by atoms with Crippen LogP contribution in [0.25, 0.3) is 5.69 Å². The number of fused-ring (bicyclic) bond motifs is 1. The maximum atomic E-state index is 13.2. The monoisotopic (exact) mass is 382 g/mol. The topological polar surface area (TPSA) is 62.9 Å². The Morgan fingerprint density at radius 2 is 1.62 bits per heavy atom. The van der Waals surface area contributed by atoms with E-state index in [9.17, 15) is 14.9 Å². The quantitative estimate of drug-likeness (QED) is 0.653. The van der Waals surface area contributed by atoms with Gasteiger partial charge in [0.1, 0.15) is 11.6 Å². The summed E-state index contributed by atoms with van der Waals surface area (Å²) < 4.78 is 1.62. The van der Waals surface area contributed by atoms with E-state index in [1.54, 1.807) is 4.57 Å². The minimum absolute atomic E-state index is 0.00892. The van der Waals surface area contributed by atoms with Gasteiger partial charge in [-0.25, -0.2) is 0 Å². The van der Waals surface area contributed by atoms with Gasteiger partial charge in [0, 0.05) is 17.7 Å². The van der Waals surface area contributed by atoms with Crippen molar-refractivity contribution in [2.75, 3.05) is 0 Å². The highest BCUT2D eigenvalue weighted by Gasteiger charge is 2.31. The van der Waals surface area contributed by atoms with Gasteiger partial charge in [-0.05, 0) is 55.9 Å². The fourth-order valence-corrected chi connectivity index (χ4v) is 4.54. The lowest BCUT2D eigenvalue weighted by molar-refractivity contribution is 0.0962. The summed E-state index contributed by atoms with van der Waals surface area (Å²) in [6, 6.07) is 17.5. The van der Waals surface area contributed by atoms with Crippen molar-refractivity contribution in [1.82, 2.24) is 4.57 Å². The van der Waals surface area contributed by atoms with Gasteiger partial charge in [-0.3, -0.25) is 14.2 Å². The normalized spacial score (nSPS) is 15.7.